The molecule has 1 atom stereocenters. The summed E-state index contributed by atoms with van der Waals surface area (Å²) in [5.74, 6) is 2.32. The van der Waals surface area contributed by atoms with Gasteiger partial charge in [-0.1, -0.05) is 11.6 Å². The lowest BCUT2D eigenvalue weighted by Crippen LogP contribution is -2.26. The van der Waals surface area contributed by atoms with Gasteiger partial charge < -0.3 is 4.90 Å². The molecule has 0 N–H and O–H groups in total. The second-order valence-corrected chi connectivity index (χ2v) is 4.73. The predicted molar refractivity (Wildman–Crippen MR) is 70.7 cm³/mol. The summed E-state index contributed by atoms with van der Waals surface area (Å²) in [7, 11) is 0. The molecule has 0 aliphatic carbocycles. The van der Waals surface area contributed by atoms with Gasteiger partial charge in [-0.05, 0) is 25.1 Å². The third-order valence-electron chi connectivity index (χ3n) is 2.99. The van der Waals surface area contributed by atoms with Gasteiger partial charge in [0.25, 0.3) is 0 Å². The summed E-state index contributed by atoms with van der Waals surface area (Å²) in [5.41, 5.74) is 1.04. The van der Waals surface area contributed by atoms with Crippen molar-refractivity contribution in [1.82, 2.24) is 0 Å². The molecule has 4 heteroatoms. The van der Waals surface area contributed by atoms with Gasteiger partial charge in [0.15, 0.2) is 5.78 Å². The maximum Gasteiger partial charge on any atom is 0.228 e. The highest BCUT2D eigenvalue weighted by Gasteiger charge is 2.31. The van der Waals surface area contributed by atoms with Gasteiger partial charge in [-0.3, -0.25) is 9.59 Å². The first-order chi connectivity index (χ1) is 8.52. The summed E-state index contributed by atoms with van der Waals surface area (Å²) in [5, 5.41) is 0.476. The van der Waals surface area contributed by atoms with Gasteiger partial charge in [0.2, 0.25) is 5.91 Å². The first kappa shape index (κ1) is 12.7. The van der Waals surface area contributed by atoms with Crippen LogP contribution in [0.4, 0.5) is 5.69 Å². The van der Waals surface area contributed by atoms with Crippen LogP contribution in [0.25, 0.3) is 0 Å². The van der Waals surface area contributed by atoms with Gasteiger partial charge in [0.05, 0.1) is 5.69 Å². The number of Topliss-reactive ketones (excluding diaryl/α,β-unsaturated/α-hetero) is 1. The maximum atomic E-state index is 11.9. The molecule has 1 unspecified atom stereocenters. The molecule has 1 saturated heterocycles. The number of terminal acetylenes is 1. The molecule has 0 saturated carbocycles. The molecule has 0 bridgehead atoms. The number of halogens is 1. The van der Waals surface area contributed by atoms with Crippen LogP contribution in [0.15, 0.2) is 18.2 Å². The van der Waals surface area contributed by atoms with E-state index in [2.05, 4.69) is 5.92 Å². The standard InChI is InChI=1S/C14H12ClNO2/c1-3-10-6-14(18)16(8-10)13-5-4-11(15)7-12(13)9(2)17/h1,4-5,7,10H,6,8H2,2H3. The molecule has 1 aliphatic heterocycles. The molecule has 1 amide bonds. The van der Waals surface area contributed by atoms with E-state index >= 15 is 0 Å². The molecular weight excluding hydrogens is 250 g/mol. The normalized spacial score (nSPS) is 18.8. The number of hydrogen-bond donors (Lipinski definition) is 0. The molecule has 1 fully saturated rings. The van der Waals surface area contributed by atoms with Crippen molar-refractivity contribution in [2.24, 2.45) is 5.92 Å². The Kier molecular flexibility index (Phi) is 3.40. The van der Waals surface area contributed by atoms with E-state index in [1.165, 1.54) is 6.92 Å². The van der Waals surface area contributed by atoms with Gasteiger partial charge in [0.1, 0.15) is 0 Å². The van der Waals surface area contributed by atoms with E-state index in [0.29, 0.717) is 29.2 Å². The highest BCUT2D eigenvalue weighted by atomic mass is 35.5. The molecule has 1 aromatic carbocycles. The monoisotopic (exact) mass is 261 g/mol. The Labute approximate surface area is 111 Å². The lowest BCUT2D eigenvalue weighted by molar-refractivity contribution is -0.117. The average molecular weight is 262 g/mol. The van der Waals surface area contributed by atoms with Crippen LogP contribution < -0.4 is 4.90 Å². The van der Waals surface area contributed by atoms with Crippen molar-refractivity contribution in [2.75, 3.05) is 11.4 Å². The molecule has 3 nitrogen and oxygen atoms in total. The van der Waals surface area contributed by atoms with E-state index in [1.54, 1.807) is 23.1 Å². The second-order valence-electron chi connectivity index (χ2n) is 4.29. The number of anilines is 1. The topological polar surface area (TPSA) is 37.4 Å². The third-order valence-corrected chi connectivity index (χ3v) is 3.22. The molecule has 2 rings (SSSR count). The maximum absolute atomic E-state index is 11.9. The summed E-state index contributed by atoms with van der Waals surface area (Å²) in [6.45, 7) is 1.91. The molecule has 92 valence electrons. The molecule has 1 heterocycles. The Morgan fingerprint density at radius 1 is 1.56 bits per heavy atom. The molecule has 1 aliphatic rings. The van der Waals surface area contributed by atoms with E-state index in [-0.39, 0.29) is 17.6 Å². The number of rotatable bonds is 2. The van der Waals surface area contributed by atoms with Crippen molar-refractivity contribution in [3.8, 4) is 12.3 Å². The number of ketones is 1. The van der Waals surface area contributed by atoms with Crippen LogP contribution in [0.2, 0.25) is 5.02 Å². The largest absolute Gasteiger partial charge is 0.310 e. The van der Waals surface area contributed by atoms with E-state index in [0.717, 1.165) is 0 Å². The van der Waals surface area contributed by atoms with E-state index in [1.807, 2.05) is 0 Å². The van der Waals surface area contributed by atoms with Crippen LogP contribution in [-0.4, -0.2) is 18.2 Å². The van der Waals surface area contributed by atoms with Gasteiger partial charge in [0, 0.05) is 29.5 Å². The van der Waals surface area contributed by atoms with Crippen LogP contribution in [-0.2, 0) is 4.79 Å². The Hall–Kier alpha value is -1.79. The van der Waals surface area contributed by atoms with Crippen LogP contribution in [0, 0.1) is 18.3 Å². The molecule has 1 aromatic rings. The fraction of sp³-hybridized carbons (Fsp3) is 0.286. The molecule has 0 spiro atoms. The number of nitrogens with zero attached hydrogens (tertiary/aromatic N) is 1. The van der Waals surface area contributed by atoms with E-state index < -0.39 is 0 Å². The number of carbonyl (C=O) groups is 2. The summed E-state index contributed by atoms with van der Waals surface area (Å²) in [6.07, 6.45) is 5.67. The summed E-state index contributed by atoms with van der Waals surface area (Å²) >= 11 is 5.87. The van der Waals surface area contributed by atoms with Crippen LogP contribution in [0.3, 0.4) is 0 Å². The molecule has 0 aromatic heterocycles. The molecule has 18 heavy (non-hydrogen) atoms. The van der Waals surface area contributed by atoms with Crippen LogP contribution in [0.5, 0.6) is 0 Å². The quantitative estimate of drug-likeness (QED) is 0.606. The van der Waals surface area contributed by atoms with Crippen molar-refractivity contribution in [2.45, 2.75) is 13.3 Å². The highest BCUT2D eigenvalue weighted by Crippen LogP contribution is 2.30. The fourth-order valence-corrected chi connectivity index (χ4v) is 2.25. The van der Waals surface area contributed by atoms with E-state index in [9.17, 15) is 9.59 Å². The Morgan fingerprint density at radius 3 is 2.83 bits per heavy atom. The zero-order valence-corrected chi connectivity index (χ0v) is 10.7. The minimum absolute atomic E-state index is 0.0530. The van der Waals surface area contributed by atoms with Gasteiger partial charge in [-0.15, -0.1) is 12.3 Å². The number of amides is 1. The number of carbonyl (C=O) groups excluding carboxylic acids is 2. The van der Waals surface area contributed by atoms with Crippen molar-refractivity contribution in [3.05, 3.63) is 28.8 Å². The smallest absolute Gasteiger partial charge is 0.228 e. The van der Waals surface area contributed by atoms with Gasteiger partial charge in [-0.25, -0.2) is 0 Å². The minimum atomic E-state index is -0.121. The van der Waals surface area contributed by atoms with E-state index in [4.69, 9.17) is 18.0 Å². The second kappa shape index (κ2) is 4.83. The average Bonchev–Trinajstić information content (AvgIpc) is 2.70. The van der Waals surface area contributed by atoms with Crippen LogP contribution in [0.1, 0.15) is 23.7 Å². The van der Waals surface area contributed by atoms with Crippen molar-refractivity contribution >= 4 is 29.0 Å². The van der Waals surface area contributed by atoms with Crippen molar-refractivity contribution in [1.29, 1.82) is 0 Å². The predicted octanol–water partition coefficient (Wildman–Crippen LogP) is 2.53. The Balaban J connectivity index is 2.43. The lowest BCUT2D eigenvalue weighted by Gasteiger charge is -2.19. The van der Waals surface area contributed by atoms with Crippen LogP contribution >= 0.6 is 11.6 Å². The zero-order chi connectivity index (χ0) is 13.3. The Bertz CT molecular complexity index is 559. The third kappa shape index (κ3) is 2.25. The molecular formula is C14H12ClNO2. The fourth-order valence-electron chi connectivity index (χ4n) is 2.08. The SMILES string of the molecule is C#CC1CC(=O)N(c2ccc(Cl)cc2C(C)=O)C1. The first-order valence-corrected chi connectivity index (χ1v) is 5.97. The van der Waals surface area contributed by atoms with Gasteiger partial charge >= 0.3 is 0 Å². The first-order valence-electron chi connectivity index (χ1n) is 5.60. The van der Waals surface area contributed by atoms with Gasteiger partial charge in [-0.2, -0.15) is 0 Å². The minimum Gasteiger partial charge on any atom is -0.310 e. The number of hydrogen-bond acceptors (Lipinski definition) is 2. The van der Waals surface area contributed by atoms with Crippen molar-refractivity contribution < 1.29 is 9.59 Å². The number of benzene rings is 1. The summed E-state index contributed by atoms with van der Waals surface area (Å²) in [4.78, 5) is 25.1. The van der Waals surface area contributed by atoms with Crippen molar-refractivity contribution in [3.63, 3.8) is 0 Å². The summed E-state index contributed by atoms with van der Waals surface area (Å²) < 4.78 is 0. The Morgan fingerprint density at radius 2 is 2.28 bits per heavy atom. The highest BCUT2D eigenvalue weighted by molar-refractivity contribution is 6.31. The lowest BCUT2D eigenvalue weighted by atomic mass is 10.1. The summed E-state index contributed by atoms with van der Waals surface area (Å²) in [6, 6.07) is 4.94. The zero-order valence-electron chi connectivity index (χ0n) is 9.94. The molecule has 0 radical (unpaired) electrons.